The van der Waals surface area contributed by atoms with Gasteiger partial charge in [-0.25, -0.2) is 0 Å². The van der Waals surface area contributed by atoms with E-state index in [4.69, 9.17) is 0 Å². The number of Topliss-reactive ketones (excluding diaryl/α,β-unsaturated/α-hetero) is 1. The Kier molecular flexibility index (Phi) is 3.94. The Morgan fingerprint density at radius 1 is 1.10 bits per heavy atom. The number of hydrogen-bond acceptors (Lipinski definition) is 5. The molecular formula is C23H19N3O3. The van der Waals surface area contributed by atoms with Crippen LogP contribution in [0.4, 0.5) is 11.4 Å². The zero-order chi connectivity index (χ0) is 20.1. The van der Waals surface area contributed by atoms with Crippen molar-refractivity contribution >= 4 is 28.1 Å². The van der Waals surface area contributed by atoms with Crippen LogP contribution in [-0.2, 0) is 4.79 Å². The molecule has 0 fully saturated rings. The second kappa shape index (κ2) is 6.51. The summed E-state index contributed by atoms with van der Waals surface area (Å²) in [6.45, 7) is 2.09. The highest BCUT2D eigenvalue weighted by Crippen LogP contribution is 2.48. The van der Waals surface area contributed by atoms with Crippen LogP contribution >= 0.6 is 0 Å². The van der Waals surface area contributed by atoms with Crippen molar-refractivity contribution in [2.75, 3.05) is 5.32 Å². The second-order valence-corrected chi connectivity index (χ2v) is 7.83. The Balaban J connectivity index is 1.78. The Morgan fingerprint density at radius 3 is 2.66 bits per heavy atom. The standard InChI is InChI=1S/C23H19N3O3/c1-13-11-19-23(20(27)12-13)21(14-4-6-15(7-5-14)26(28)29)22-16-3-2-10-24-17(16)8-9-18(22)25-19/h2-10,13,21,25H,11-12H2,1H3. The lowest BCUT2D eigenvalue weighted by atomic mass is 9.72. The van der Waals surface area contributed by atoms with Crippen molar-refractivity contribution in [1.29, 1.82) is 0 Å². The Hall–Kier alpha value is -3.54. The largest absolute Gasteiger partial charge is 0.358 e. The lowest BCUT2D eigenvalue weighted by Gasteiger charge is -2.36. The van der Waals surface area contributed by atoms with Gasteiger partial charge in [0.15, 0.2) is 5.78 Å². The van der Waals surface area contributed by atoms with Crippen LogP contribution in [0.2, 0.25) is 0 Å². The first-order valence-corrected chi connectivity index (χ1v) is 9.68. The lowest BCUT2D eigenvalue weighted by molar-refractivity contribution is -0.384. The lowest BCUT2D eigenvalue weighted by Crippen LogP contribution is -2.29. The van der Waals surface area contributed by atoms with Crippen LogP contribution in [0.3, 0.4) is 0 Å². The maximum absolute atomic E-state index is 13.1. The molecule has 6 nitrogen and oxygen atoms in total. The van der Waals surface area contributed by atoms with E-state index in [1.807, 2.05) is 24.3 Å². The quantitative estimate of drug-likeness (QED) is 0.498. The maximum Gasteiger partial charge on any atom is 0.269 e. The molecule has 3 aromatic rings. The van der Waals surface area contributed by atoms with Crippen LogP contribution in [0.15, 0.2) is 66.0 Å². The van der Waals surface area contributed by atoms with Crippen molar-refractivity contribution in [1.82, 2.24) is 4.98 Å². The molecule has 0 saturated heterocycles. The van der Waals surface area contributed by atoms with Crippen molar-refractivity contribution in [3.05, 3.63) is 87.2 Å². The summed E-state index contributed by atoms with van der Waals surface area (Å²) >= 11 is 0. The fourth-order valence-electron chi connectivity index (χ4n) is 4.60. The minimum absolute atomic E-state index is 0.0419. The third-order valence-electron chi connectivity index (χ3n) is 5.84. The van der Waals surface area contributed by atoms with Gasteiger partial charge in [0.05, 0.1) is 10.4 Å². The van der Waals surface area contributed by atoms with Crippen molar-refractivity contribution in [2.45, 2.75) is 25.7 Å². The van der Waals surface area contributed by atoms with Crippen molar-refractivity contribution in [3.8, 4) is 0 Å². The van der Waals surface area contributed by atoms with E-state index in [-0.39, 0.29) is 23.3 Å². The molecule has 6 heteroatoms. The maximum atomic E-state index is 13.1. The number of anilines is 1. The molecular weight excluding hydrogens is 366 g/mol. The topological polar surface area (TPSA) is 85.1 Å². The van der Waals surface area contributed by atoms with E-state index in [0.29, 0.717) is 6.42 Å². The first-order chi connectivity index (χ1) is 14.0. The third kappa shape index (κ3) is 2.79. The van der Waals surface area contributed by atoms with E-state index in [1.54, 1.807) is 18.3 Å². The molecule has 0 bridgehead atoms. The highest BCUT2D eigenvalue weighted by Gasteiger charge is 2.37. The number of allylic oxidation sites excluding steroid dienone is 2. The van der Waals surface area contributed by atoms with Crippen LogP contribution < -0.4 is 5.32 Å². The highest BCUT2D eigenvalue weighted by atomic mass is 16.6. The molecule has 2 unspecified atom stereocenters. The molecule has 1 aliphatic carbocycles. The predicted octanol–water partition coefficient (Wildman–Crippen LogP) is 4.95. The SMILES string of the molecule is CC1CC(=O)C2=C(C1)Nc1ccc3ncccc3c1C2c1ccc([N+](=O)[O-])cc1. The molecule has 1 N–H and O–H groups in total. The van der Waals surface area contributed by atoms with Crippen molar-refractivity contribution in [2.24, 2.45) is 5.92 Å². The van der Waals surface area contributed by atoms with Gasteiger partial charge in [0.1, 0.15) is 0 Å². The Morgan fingerprint density at radius 2 is 1.90 bits per heavy atom. The summed E-state index contributed by atoms with van der Waals surface area (Å²) < 4.78 is 0. The van der Waals surface area contributed by atoms with Crippen molar-refractivity contribution in [3.63, 3.8) is 0 Å². The average Bonchev–Trinajstić information content (AvgIpc) is 2.72. The summed E-state index contributed by atoms with van der Waals surface area (Å²) in [6.07, 6.45) is 3.08. The number of ketones is 1. The molecule has 0 amide bonds. The smallest absolute Gasteiger partial charge is 0.269 e. The molecule has 1 aromatic heterocycles. The Labute approximate surface area is 167 Å². The van der Waals surface area contributed by atoms with Gasteiger partial charge < -0.3 is 5.32 Å². The normalized spacial score (nSPS) is 20.8. The number of carbonyl (C=O) groups is 1. The van der Waals surface area contributed by atoms with Crippen LogP contribution in [0.25, 0.3) is 10.9 Å². The van der Waals surface area contributed by atoms with Gasteiger partial charge in [-0.1, -0.05) is 25.1 Å². The summed E-state index contributed by atoms with van der Waals surface area (Å²) in [4.78, 5) is 28.3. The number of nitro groups is 1. The number of nitro benzene ring substituents is 1. The average molecular weight is 385 g/mol. The van der Waals surface area contributed by atoms with Gasteiger partial charge in [0, 0.05) is 53.0 Å². The molecule has 144 valence electrons. The first-order valence-electron chi connectivity index (χ1n) is 9.68. The van der Waals surface area contributed by atoms with Crippen LogP contribution in [-0.4, -0.2) is 15.7 Å². The summed E-state index contributed by atoms with van der Waals surface area (Å²) in [5, 5.41) is 15.6. The first kappa shape index (κ1) is 17.6. The number of nitrogens with one attached hydrogen (secondary N) is 1. The van der Waals surface area contributed by atoms with Gasteiger partial charge >= 0.3 is 0 Å². The third-order valence-corrected chi connectivity index (χ3v) is 5.84. The zero-order valence-corrected chi connectivity index (χ0v) is 15.9. The fourth-order valence-corrected chi connectivity index (χ4v) is 4.60. The molecule has 0 spiro atoms. The molecule has 2 aromatic carbocycles. The molecule has 2 atom stereocenters. The van der Waals surface area contributed by atoms with E-state index in [0.717, 1.165) is 45.4 Å². The van der Waals surface area contributed by atoms with Gasteiger partial charge in [0.25, 0.3) is 5.69 Å². The summed E-state index contributed by atoms with van der Waals surface area (Å²) in [5.74, 6) is 0.158. The predicted molar refractivity (Wildman–Crippen MR) is 111 cm³/mol. The fraction of sp³-hybridized carbons (Fsp3) is 0.217. The number of pyridine rings is 1. The number of benzene rings is 2. The number of carbonyl (C=O) groups excluding carboxylic acids is 1. The molecule has 29 heavy (non-hydrogen) atoms. The van der Waals surface area contributed by atoms with Gasteiger partial charge in [-0.05, 0) is 41.7 Å². The number of hydrogen-bond donors (Lipinski definition) is 1. The van der Waals surface area contributed by atoms with Gasteiger partial charge in [-0.2, -0.15) is 0 Å². The number of nitrogens with zero attached hydrogens (tertiary/aromatic N) is 2. The number of aromatic nitrogens is 1. The number of fused-ring (bicyclic) bond motifs is 3. The van der Waals surface area contributed by atoms with Gasteiger partial charge in [-0.3, -0.25) is 19.9 Å². The van der Waals surface area contributed by atoms with E-state index in [9.17, 15) is 14.9 Å². The van der Waals surface area contributed by atoms with Gasteiger partial charge in [-0.15, -0.1) is 0 Å². The van der Waals surface area contributed by atoms with Crippen LogP contribution in [0.1, 0.15) is 36.8 Å². The molecule has 0 saturated carbocycles. The molecule has 2 aliphatic rings. The van der Waals surface area contributed by atoms with E-state index in [2.05, 4.69) is 17.2 Å². The summed E-state index contributed by atoms with van der Waals surface area (Å²) in [6, 6.07) is 14.5. The van der Waals surface area contributed by atoms with E-state index in [1.165, 1.54) is 12.1 Å². The van der Waals surface area contributed by atoms with Gasteiger partial charge in [0.2, 0.25) is 0 Å². The molecule has 1 aliphatic heterocycles. The number of non-ortho nitro benzene ring substituents is 1. The minimum Gasteiger partial charge on any atom is -0.358 e. The Bertz CT molecular complexity index is 1200. The monoisotopic (exact) mass is 385 g/mol. The molecule has 0 radical (unpaired) electrons. The van der Waals surface area contributed by atoms with Crippen LogP contribution in [0.5, 0.6) is 0 Å². The van der Waals surface area contributed by atoms with E-state index >= 15 is 0 Å². The summed E-state index contributed by atoms with van der Waals surface area (Å²) in [7, 11) is 0. The molecule has 2 heterocycles. The number of rotatable bonds is 2. The second-order valence-electron chi connectivity index (χ2n) is 7.83. The zero-order valence-electron chi connectivity index (χ0n) is 15.9. The molecule has 5 rings (SSSR count). The van der Waals surface area contributed by atoms with E-state index < -0.39 is 4.92 Å². The van der Waals surface area contributed by atoms with Crippen LogP contribution in [0, 0.1) is 16.0 Å². The summed E-state index contributed by atoms with van der Waals surface area (Å²) in [5.41, 5.74) is 5.50. The van der Waals surface area contributed by atoms with Crippen molar-refractivity contribution < 1.29 is 9.72 Å². The minimum atomic E-state index is -0.405. The highest BCUT2D eigenvalue weighted by molar-refractivity contribution is 6.03.